The van der Waals surface area contributed by atoms with Crippen LogP contribution in [0.25, 0.3) is 10.1 Å². The molecule has 1 aromatic carbocycles. The Labute approximate surface area is 237 Å². The molecule has 1 aromatic heterocycles. The van der Waals surface area contributed by atoms with Crippen molar-refractivity contribution >= 4 is 78.4 Å². The van der Waals surface area contributed by atoms with Gasteiger partial charge < -0.3 is 0 Å². The van der Waals surface area contributed by atoms with Crippen LogP contribution in [-0.2, 0) is 6.42 Å². The Balaban J connectivity index is 1.74. The molecule has 0 saturated heterocycles. The molecule has 0 N–H and O–H groups in total. The van der Waals surface area contributed by atoms with Crippen LogP contribution in [0.2, 0.25) is 9.88 Å². The summed E-state index contributed by atoms with van der Waals surface area (Å²) in [6.07, 6.45) is 16.9. The SMILES string of the molecule is CCCCCCCCOc1c2c(c(OCCCCCCCC)c3s[c]([Sn-])cc13)C[CH]([Sn]([CH3])[CH3])S2. The van der Waals surface area contributed by atoms with E-state index in [9.17, 15) is 0 Å². The number of thiophene rings is 1. The molecule has 1 atom stereocenters. The van der Waals surface area contributed by atoms with Crippen LogP contribution in [0.15, 0.2) is 11.0 Å². The standard InChI is InChI=1S/C26H38O2S2.2CH3.2Sn/c1-3-5-7-9-11-13-17-27-23-21-15-19-30-26(21)24(22-16-20-29-25(22)23)28-18-14-12-10-8-6-4-2;;;;/h15,20H,3-14,16-18H2,1-2H3;2*1H3;;/q;;;;-1. The number of benzene rings is 1. The first-order chi connectivity index (χ1) is 16.6. The first-order valence-corrected chi connectivity index (χ1v) is 24.1. The van der Waals surface area contributed by atoms with Gasteiger partial charge in [-0.25, -0.2) is 0 Å². The van der Waals surface area contributed by atoms with Gasteiger partial charge in [-0.05, 0) is 0 Å². The Hall–Kier alpha value is 0.727. The van der Waals surface area contributed by atoms with Crippen molar-refractivity contribution in [1.29, 1.82) is 0 Å². The Kier molecular flexibility index (Phi) is 13.7. The fourth-order valence-corrected chi connectivity index (χ4v) is 13.0. The van der Waals surface area contributed by atoms with Crippen LogP contribution in [0.3, 0.4) is 0 Å². The zero-order chi connectivity index (χ0) is 24.3. The van der Waals surface area contributed by atoms with Gasteiger partial charge in [0.05, 0.1) is 0 Å². The van der Waals surface area contributed by atoms with Crippen molar-refractivity contribution in [3.63, 3.8) is 0 Å². The minimum absolute atomic E-state index is 0.814. The summed E-state index contributed by atoms with van der Waals surface area (Å²) in [4.78, 5) is 6.53. The molecule has 3 rings (SSSR count). The number of rotatable bonds is 17. The number of unbranched alkanes of at least 4 members (excludes halogenated alkanes) is 10. The van der Waals surface area contributed by atoms with E-state index in [1.165, 1.54) is 141 Å². The second kappa shape index (κ2) is 15.9. The maximum absolute atomic E-state index is 6.62. The van der Waals surface area contributed by atoms with Crippen molar-refractivity contribution in [3.05, 3.63) is 11.6 Å². The average Bonchev–Trinajstić information content (AvgIpc) is 3.42. The van der Waals surface area contributed by atoms with E-state index in [1.807, 2.05) is 11.3 Å². The first-order valence-electron chi connectivity index (χ1n) is 13.6. The predicted octanol–water partition coefficient (Wildman–Crippen LogP) is 8.48. The zero-order valence-electron chi connectivity index (χ0n) is 21.9. The quantitative estimate of drug-likeness (QED) is 0.121. The molecule has 6 heteroatoms. The van der Waals surface area contributed by atoms with E-state index in [2.05, 4.69) is 41.6 Å². The number of fused-ring (bicyclic) bond motifs is 2. The fourth-order valence-electron chi connectivity index (χ4n) is 4.64. The van der Waals surface area contributed by atoms with Crippen molar-refractivity contribution < 1.29 is 9.47 Å². The van der Waals surface area contributed by atoms with Crippen molar-refractivity contribution in [1.82, 2.24) is 0 Å². The molecule has 0 bridgehead atoms. The summed E-state index contributed by atoms with van der Waals surface area (Å²) in [6, 6.07) is 2.39. The molecule has 0 aliphatic carbocycles. The summed E-state index contributed by atoms with van der Waals surface area (Å²) in [7, 11) is 0. The van der Waals surface area contributed by atoms with E-state index < -0.39 is 19.8 Å². The number of hydrogen-bond acceptors (Lipinski definition) is 4. The third kappa shape index (κ3) is 8.37. The van der Waals surface area contributed by atoms with Gasteiger partial charge in [0.15, 0.2) is 0 Å². The topological polar surface area (TPSA) is 18.5 Å². The second-order valence-corrected chi connectivity index (χ2v) is 24.1. The Morgan fingerprint density at radius 2 is 1.41 bits per heavy atom. The van der Waals surface area contributed by atoms with E-state index in [0.29, 0.717) is 0 Å². The van der Waals surface area contributed by atoms with Crippen LogP contribution in [0.1, 0.15) is 96.5 Å². The van der Waals surface area contributed by atoms with Gasteiger partial charge in [-0.2, -0.15) is 0 Å². The molecule has 2 aromatic rings. The second-order valence-electron chi connectivity index (χ2n) is 9.94. The zero-order valence-corrected chi connectivity index (χ0v) is 29.2. The van der Waals surface area contributed by atoms with E-state index >= 15 is 0 Å². The van der Waals surface area contributed by atoms with Crippen LogP contribution in [0.5, 0.6) is 11.5 Å². The summed E-state index contributed by atoms with van der Waals surface area (Å²) >= 11 is 4.22. The maximum atomic E-state index is 6.62. The van der Waals surface area contributed by atoms with E-state index in [-0.39, 0.29) is 0 Å². The molecule has 1 unspecified atom stereocenters. The molecular formula is C28H44O2S2Sn2-. The molecule has 3 radical (unpaired) electrons. The summed E-state index contributed by atoms with van der Waals surface area (Å²) in [5.41, 5.74) is 1.48. The van der Waals surface area contributed by atoms with Crippen LogP contribution >= 0.6 is 23.1 Å². The molecule has 0 fully saturated rings. The Morgan fingerprint density at radius 3 is 2.00 bits per heavy atom. The van der Waals surface area contributed by atoms with Gasteiger partial charge in [0.2, 0.25) is 0 Å². The molecule has 0 spiro atoms. The molecule has 1 aliphatic heterocycles. The number of hydrogen-bond donors (Lipinski definition) is 0. The van der Waals surface area contributed by atoms with Gasteiger partial charge in [-0.1, -0.05) is 13.8 Å². The molecule has 2 heterocycles. The van der Waals surface area contributed by atoms with Crippen molar-refractivity contribution in [2.24, 2.45) is 0 Å². The van der Waals surface area contributed by atoms with E-state index in [0.717, 1.165) is 16.5 Å². The average molecular weight is 714 g/mol. The van der Waals surface area contributed by atoms with Crippen LogP contribution < -0.4 is 12.4 Å². The molecular weight excluding hydrogens is 670 g/mol. The van der Waals surface area contributed by atoms with Crippen LogP contribution in [-0.4, -0.2) is 58.8 Å². The van der Waals surface area contributed by atoms with Crippen molar-refractivity contribution in [2.45, 2.75) is 115 Å². The van der Waals surface area contributed by atoms with Crippen molar-refractivity contribution in [2.75, 3.05) is 13.2 Å². The summed E-state index contributed by atoms with van der Waals surface area (Å²) < 4.78 is 16.8. The molecule has 2 nitrogen and oxygen atoms in total. The molecule has 34 heavy (non-hydrogen) atoms. The fraction of sp³-hybridized carbons (Fsp3) is 0.714. The van der Waals surface area contributed by atoms with Gasteiger partial charge >= 0.3 is 226 Å². The van der Waals surface area contributed by atoms with Gasteiger partial charge in [-0.15, -0.1) is 0 Å². The summed E-state index contributed by atoms with van der Waals surface area (Å²) in [6.45, 7) is 6.28. The third-order valence-electron chi connectivity index (χ3n) is 6.72. The minimum atomic E-state index is -1.33. The van der Waals surface area contributed by atoms with Gasteiger partial charge in [0.1, 0.15) is 0 Å². The Morgan fingerprint density at radius 1 is 0.853 bits per heavy atom. The van der Waals surface area contributed by atoms with Gasteiger partial charge in [-0.3, -0.25) is 0 Å². The van der Waals surface area contributed by atoms with E-state index in [1.54, 1.807) is 0 Å². The van der Waals surface area contributed by atoms with E-state index in [4.69, 9.17) is 9.47 Å². The van der Waals surface area contributed by atoms with Crippen molar-refractivity contribution in [3.8, 4) is 11.5 Å². The van der Waals surface area contributed by atoms with Crippen LogP contribution in [0, 0.1) is 0 Å². The first kappa shape index (κ1) is 29.3. The van der Waals surface area contributed by atoms with Gasteiger partial charge in [0.25, 0.3) is 0 Å². The normalized spacial score (nSPS) is 15.4. The predicted molar refractivity (Wildman–Crippen MR) is 156 cm³/mol. The summed E-state index contributed by atoms with van der Waals surface area (Å²) in [5.74, 6) is 2.40. The monoisotopic (exact) mass is 716 g/mol. The molecule has 189 valence electrons. The number of thioether (sulfide) groups is 1. The molecule has 0 amide bonds. The van der Waals surface area contributed by atoms with Gasteiger partial charge in [0, 0.05) is 0 Å². The Bertz CT molecular complexity index is 816. The molecule has 0 saturated carbocycles. The number of ether oxygens (including phenoxy) is 2. The third-order valence-corrected chi connectivity index (χ3v) is 18.5. The van der Waals surface area contributed by atoms with Crippen LogP contribution in [0.4, 0.5) is 0 Å². The summed E-state index contributed by atoms with van der Waals surface area (Å²) in [5, 5.41) is 1.32. The molecule has 1 aliphatic rings.